The molecule has 0 saturated carbocycles. The number of hydrogen-bond acceptors (Lipinski definition) is 1. The number of aliphatic imine (C=N–C) groups is 1. The molecule has 1 aliphatic heterocycles. The van der Waals surface area contributed by atoms with E-state index in [-0.39, 0.29) is 5.41 Å². The Hall–Kier alpha value is -4.17. The fourth-order valence-corrected chi connectivity index (χ4v) is 6.58. The summed E-state index contributed by atoms with van der Waals surface area (Å²) in [4.78, 5) is 4.62. The Bertz CT molecular complexity index is 1900. The van der Waals surface area contributed by atoms with Crippen LogP contribution in [0.1, 0.15) is 30.5 Å². The molecule has 6 aromatic rings. The summed E-state index contributed by atoms with van der Waals surface area (Å²) < 4.78 is 2.41. The van der Waals surface area contributed by atoms with E-state index in [1.807, 2.05) is 6.21 Å². The Morgan fingerprint density at radius 2 is 1.54 bits per heavy atom. The zero-order valence-electron chi connectivity index (χ0n) is 19.8. The smallest absolute Gasteiger partial charge is 0.0682 e. The van der Waals surface area contributed by atoms with Crippen LogP contribution in [0.2, 0.25) is 0 Å². The monoisotopic (exact) mass is 448 g/mol. The van der Waals surface area contributed by atoms with Gasteiger partial charge < -0.3 is 4.57 Å². The van der Waals surface area contributed by atoms with Crippen LogP contribution in [-0.4, -0.2) is 10.8 Å². The summed E-state index contributed by atoms with van der Waals surface area (Å²) >= 11 is 0. The van der Waals surface area contributed by atoms with Gasteiger partial charge in [0.25, 0.3) is 0 Å². The van der Waals surface area contributed by atoms with Crippen LogP contribution in [0.5, 0.6) is 0 Å². The fraction of sp³-hybridized carbons (Fsp3) is 0.121. The maximum atomic E-state index is 4.62. The van der Waals surface area contributed by atoms with Crippen molar-refractivity contribution < 1.29 is 0 Å². The molecule has 1 aliphatic carbocycles. The zero-order chi connectivity index (χ0) is 23.3. The van der Waals surface area contributed by atoms with Crippen molar-refractivity contribution in [1.29, 1.82) is 0 Å². The lowest BCUT2D eigenvalue weighted by Gasteiger charge is -2.21. The van der Waals surface area contributed by atoms with Crippen LogP contribution in [0.3, 0.4) is 0 Å². The largest absolute Gasteiger partial charge is 0.309 e. The summed E-state index contributed by atoms with van der Waals surface area (Å²) in [7, 11) is 0. The van der Waals surface area contributed by atoms with Crippen LogP contribution < -0.4 is 0 Å². The lowest BCUT2D eigenvalue weighted by atomic mass is 9.82. The lowest BCUT2D eigenvalue weighted by molar-refractivity contribution is 0.661. The summed E-state index contributed by atoms with van der Waals surface area (Å²) in [6.07, 6.45) is 2.93. The highest BCUT2D eigenvalue weighted by Crippen LogP contribution is 2.52. The second-order valence-electron chi connectivity index (χ2n) is 10.4. The van der Waals surface area contributed by atoms with Crippen LogP contribution in [0.15, 0.2) is 96.0 Å². The van der Waals surface area contributed by atoms with Crippen molar-refractivity contribution in [3.63, 3.8) is 0 Å². The number of benzene rings is 5. The summed E-state index contributed by atoms with van der Waals surface area (Å²) in [5.74, 6) is 0. The first kappa shape index (κ1) is 19.2. The highest BCUT2D eigenvalue weighted by atomic mass is 15.0. The van der Waals surface area contributed by atoms with Crippen molar-refractivity contribution in [3.8, 4) is 16.8 Å². The number of fused-ring (bicyclic) bond motifs is 10. The topological polar surface area (TPSA) is 17.3 Å². The molecule has 166 valence electrons. The Balaban J connectivity index is 1.51. The maximum absolute atomic E-state index is 4.62. The van der Waals surface area contributed by atoms with Gasteiger partial charge in [0.15, 0.2) is 0 Å². The number of hydrogen-bond donors (Lipinski definition) is 0. The van der Waals surface area contributed by atoms with E-state index in [1.54, 1.807) is 0 Å². The minimum atomic E-state index is 0.00794. The van der Waals surface area contributed by atoms with Crippen molar-refractivity contribution in [2.45, 2.75) is 25.7 Å². The molecule has 2 aliphatic rings. The SMILES string of the molecule is CC1(C)c2ccccc2-c2c1ccc1c2ccc2c1c1ccccc1n2-c1ccc2c(c1)N=CC2. The molecule has 2 heteroatoms. The number of nitrogens with zero attached hydrogens (tertiary/aromatic N) is 2. The molecule has 2 heterocycles. The minimum Gasteiger partial charge on any atom is -0.309 e. The average Bonchev–Trinajstić information content (AvgIpc) is 3.55. The third-order valence-corrected chi connectivity index (χ3v) is 8.25. The van der Waals surface area contributed by atoms with Gasteiger partial charge in [0.1, 0.15) is 0 Å². The highest BCUT2D eigenvalue weighted by Gasteiger charge is 2.36. The van der Waals surface area contributed by atoms with Gasteiger partial charge in [-0.05, 0) is 62.9 Å². The van der Waals surface area contributed by atoms with Crippen molar-refractivity contribution in [2.75, 3.05) is 0 Å². The molecule has 5 aromatic carbocycles. The standard InChI is InChI=1S/C33H24N2/c1-33(2)26-9-5-3-7-24(26)31-22-14-16-30-32(23(22)13-15-27(31)33)25-8-4-6-10-29(25)35(30)21-12-11-20-17-18-34-28(20)19-21/h3-16,18-19H,17H2,1-2H3. The van der Waals surface area contributed by atoms with E-state index >= 15 is 0 Å². The molecule has 0 spiro atoms. The van der Waals surface area contributed by atoms with E-state index in [4.69, 9.17) is 0 Å². The number of para-hydroxylation sites is 1. The van der Waals surface area contributed by atoms with Gasteiger partial charge in [0.05, 0.1) is 16.7 Å². The Labute approximate surface area is 204 Å². The number of rotatable bonds is 1. The van der Waals surface area contributed by atoms with Crippen molar-refractivity contribution in [3.05, 3.63) is 108 Å². The summed E-state index contributed by atoms with van der Waals surface area (Å²) in [6.45, 7) is 4.70. The van der Waals surface area contributed by atoms with Crippen molar-refractivity contribution >= 4 is 44.5 Å². The molecule has 0 amide bonds. The van der Waals surface area contributed by atoms with Gasteiger partial charge >= 0.3 is 0 Å². The molecule has 1 aromatic heterocycles. The summed E-state index contributed by atoms with van der Waals surface area (Å²) in [5.41, 5.74) is 11.7. The fourth-order valence-electron chi connectivity index (χ4n) is 6.58. The predicted molar refractivity (Wildman–Crippen MR) is 148 cm³/mol. The molecular weight excluding hydrogens is 424 g/mol. The second kappa shape index (κ2) is 6.49. The van der Waals surface area contributed by atoms with Gasteiger partial charge in [0, 0.05) is 34.5 Å². The van der Waals surface area contributed by atoms with Crippen LogP contribution >= 0.6 is 0 Å². The molecule has 8 rings (SSSR count). The number of aromatic nitrogens is 1. The van der Waals surface area contributed by atoms with E-state index in [1.165, 1.54) is 66.1 Å². The van der Waals surface area contributed by atoms with Crippen LogP contribution in [0.4, 0.5) is 5.69 Å². The molecular formula is C33H24N2. The predicted octanol–water partition coefficient (Wildman–Crippen LogP) is 8.50. The molecule has 0 bridgehead atoms. The van der Waals surface area contributed by atoms with E-state index in [9.17, 15) is 0 Å². The van der Waals surface area contributed by atoms with Crippen LogP contribution in [0, 0.1) is 0 Å². The van der Waals surface area contributed by atoms with Gasteiger partial charge in [-0.2, -0.15) is 0 Å². The van der Waals surface area contributed by atoms with E-state index in [0.29, 0.717) is 0 Å². The zero-order valence-corrected chi connectivity index (χ0v) is 19.8. The van der Waals surface area contributed by atoms with Crippen molar-refractivity contribution in [2.24, 2.45) is 4.99 Å². The molecule has 0 atom stereocenters. The van der Waals surface area contributed by atoms with Crippen LogP contribution in [0.25, 0.3) is 49.4 Å². The molecule has 35 heavy (non-hydrogen) atoms. The summed E-state index contributed by atoms with van der Waals surface area (Å²) in [6, 6.07) is 33.8. The molecule has 0 fully saturated rings. The Morgan fingerprint density at radius 1 is 0.714 bits per heavy atom. The normalized spacial score (nSPS) is 15.1. The first-order valence-corrected chi connectivity index (χ1v) is 12.4. The van der Waals surface area contributed by atoms with Gasteiger partial charge in [-0.15, -0.1) is 0 Å². The Morgan fingerprint density at radius 3 is 2.49 bits per heavy atom. The molecule has 0 N–H and O–H groups in total. The molecule has 0 radical (unpaired) electrons. The first-order valence-electron chi connectivity index (χ1n) is 12.4. The average molecular weight is 449 g/mol. The third-order valence-electron chi connectivity index (χ3n) is 8.25. The quantitative estimate of drug-likeness (QED) is 0.240. The lowest BCUT2D eigenvalue weighted by Crippen LogP contribution is -2.14. The molecule has 2 nitrogen and oxygen atoms in total. The van der Waals surface area contributed by atoms with Gasteiger partial charge in [-0.3, -0.25) is 4.99 Å². The van der Waals surface area contributed by atoms with Gasteiger partial charge in [0.2, 0.25) is 0 Å². The second-order valence-corrected chi connectivity index (χ2v) is 10.4. The van der Waals surface area contributed by atoms with Crippen molar-refractivity contribution in [1.82, 2.24) is 4.57 Å². The summed E-state index contributed by atoms with van der Waals surface area (Å²) in [5, 5.41) is 5.28. The van der Waals surface area contributed by atoms with E-state index in [0.717, 1.165) is 12.1 Å². The van der Waals surface area contributed by atoms with Gasteiger partial charge in [-0.25, -0.2) is 0 Å². The first-order chi connectivity index (χ1) is 17.1. The van der Waals surface area contributed by atoms with E-state index < -0.39 is 0 Å². The van der Waals surface area contributed by atoms with Crippen LogP contribution in [-0.2, 0) is 11.8 Å². The third kappa shape index (κ3) is 2.37. The maximum Gasteiger partial charge on any atom is 0.0682 e. The van der Waals surface area contributed by atoms with Gasteiger partial charge in [-0.1, -0.05) is 80.6 Å². The van der Waals surface area contributed by atoms with E-state index in [2.05, 4.69) is 114 Å². The highest BCUT2D eigenvalue weighted by molar-refractivity contribution is 6.23. The molecule has 0 saturated heterocycles. The molecule has 0 unspecified atom stereocenters. The Kier molecular flexibility index (Phi) is 3.55. The minimum absolute atomic E-state index is 0.00794.